The summed E-state index contributed by atoms with van der Waals surface area (Å²) in [5, 5.41) is 2.49. The molecule has 252 valence electrons. The summed E-state index contributed by atoms with van der Waals surface area (Å²) < 4.78 is 0. The molecule has 7 aromatic rings. The molecule has 0 aromatic heterocycles. The van der Waals surface area contributed by atoms with Gasteiger partial charge in [0.2, 0.25) is 0 Å². The van der Waals surface area contributed by atoms with Gasteiger partial charge < -0.3 is 10.6 Å². The topological polar surface area (TPSA) is 29.3 Å². The Bertz CT molecular complexity index is 2430. The van der Waals surface area contributed by atoms with Crippen molar-refractivity contribution in [3.63, 3.8) is 0 Å². The van der Waals surface area contributed by atoms with Gasteiger partial charge in [-0.3, -0.25) is 0 Å². The quantitative estimate of drug-likeness (QED) is 0.164. The summed E-state index contributed by atoms with van der Waals surface area (Å²) in [4.78, 5) is 3.54. The van der Waals surface area contributed by atoms with Gasteiger partial charge in [-0.2, -0.15) is 0 Å². The van der Waals surface area contributed by atoms with Crippen LogP contribution in [0.3, 0.4) is 0 Å². The van der Waals surface area contributed by atoms with E-state index >= 15 is 0 Å². The molecule has 0 radical (unpaired) electrons. The predicted molar refractivity (Wildman–Crippen MR) is 225 cm³/mol. The first-order valence-electron chi connectivity index (χ1n) is 18.3. The molecule has 7 aromatic carbocycles. The molecule has 0 unspecified atom stereocenters. The van der Waals surface area contributed by atoms with Crippen molar-refractivity contribution >= 4 is 55.8 Å². The minimum absolute atomic E-state index is 0.883. The van der Waals surface area contributed by atoms with E-state index in [0.717, 1.165) is 34.1 Å². The van der Waals surface area contributed by atoms with Gasteiger partial charge in [-0.1, -0.05) is 133 Å². The van der Waals surface area contributed by atoms with E-state index < -0.39 is 0 Å². The lowest BCUT2D eigenvalue weighted by atomic mass is 9.93. The smallest absolute Gasteiger partial charge is 0.0538 e. The zero-order valence-corrected chi connectivity index (χ0v) is 30.0. The Morgan fingerprint density at radius 3 is 1.75 bits per heavy atom. The van der Waals surface area contributed by atoms with Gasteiger partial charge in [0, 0.05) is 38.7 Å². The number of hydrogen-bond acceptors (Lipinski definition) is 3. The fourth-order valence-corrected chi connectivity index (χ4v) is 8.91. The van der Waals surface area contributed by atoms with Crippen LogP contribution < -0.4 is 10.6 Å². The van der Waals surface area contributed by atoms with E-state index in [0.29, 0.717) is 0 Å². The lowest BCUT2D eigenvalue weighted by Gasteiger charge is -2.26. The van der Waals surface area contributed by atoms with Crippen LogP contribution in [-0.4, -0.2) is 0 Å². The van der Waals surface area contributed by atoms with Gasteiger partial charge in [-0.15, -0.1) is 11.8 Å². The molecule has 9 rings (SSSR count). The van der Waals surface area contributed by atoms with Crippen molar-refractivity contribution in [2.24, 2.45) is 5.73 Å². The Kier molecular flexibility index (Phi) is 8.72. The summed E-state index contributed by atoms with van der Waals surface area (Å²) in [6, 6.07) is 59.4. The van der Waals surface area contributed by atoms with Gasteiger partial charge in [0.15, 0.2) is 0 Å². The van der Waals surface area contributed by atoms with Crippen molar-refractivity contribution in [1.29, 1.82) is 0 Å². The van der Waals surface area contributed by atoms with Crippen molar-refractivity contribution in [2.45, 2.75) is 31.4 Å². The summed E-state index contributed by atoms with van der Waals surface area (Å²) in [6.45, 7) is 0. The second kappa shape index (κ2) is 14.1. The first-order valence-corrected chi connectivity index (χ1v) is 19.3. The van der Waals surface area contributed by atoms with E-state index in [2.05, 4.69) is 175 Å². The second-order valence-corrected chi connectivity index (χ2v) is 14.7. The molecule has 3 heteroatoms. The highest BCUT2D eigenvalue weighted by Gasteiger charge is 2.24. The molecule has 0 fully saturated rings. The van der Waals surface area contributed by atoms with Crippen LogP contribution in [0.1, 0.15) is 47.9 Å². The van der Waals surface area contributed by atoms with Crippen LogP contribution >= 0.6 is 11.8 Å². The maximum atomic E-state index is 6.85. The number of rotatable bonds is 9. The number of benzene rings is 7. The zero-order chi connectivity index (χ0) is 34.9. The average molecular weight is 689 g/mol. The van der Waals surface area contributed by atoms with E-state index in [9.17, 15) is 0 Å². The molecule has 2 aliphatic carbocycles. The van der Waals surface area contributed by atoms with Crippen molar-refractivity contribution in [3.05, 3.63) is 192 Å². The highest BCUT2D eigenvalue weighted by molar-refractivity contribution is 8.07. The van der Waals surface area contributed by atoms with E-state index in [1.165, 1.54) is 85.9 Å². The van der Waals surface area contributed by atoms with E-state index in [1.54, 1.807) is 0 Å². The minimum Gasteiger partial charge on any atom is -0.397 e. The van der Waals surface area contributed by atoms with Crippen LogP contribution in [-0.2, 0) is 5.75 Å². The SMILES string of the molecule is NC1=C(SCc2ccccc2)c2cccc3c(-c4ccc(N(c5ccc(C6=CCCCC6)cc5)c5ccc(-c6ccccc6)cc5)cc4)ccc1c23. The standard InChI is InChI=1S/C49H40N2S/c50-48-45-32-31-43(44-17-10-18-46(47(44)45)49(48)52-33-34-11-4-1-5-12-34)39-23-29-42(30-24-39)51(40-25-19-37(20-26-40)35-13-6-2-7-14-35)41-27-21-38(22-28-41)36-15-8-3-9-16-36/h1-2,4-7,10-15,17-32H,3,8-9,16,33,50H2. The monoisotopic (exact) mass is 688 g/mol. The lowest BCUT2D eigenvalue weighted by molar-refractivity contribution is 0.742. The second-order valence-electron chi connectivity index (χ2n) is 13.7. The molecule has 2 nitrogen and oxygen atoms in total. The normalized spacial score (nSPS) is 13.7. The Morgan fingerprint density at radius 1 is 0.500 bits per heavy atom. The number of anilines is 3. The van der Waals surface area contributed by atoms with Crippen LogP contribution in [0.5, 0.6) is 0 Å². The fraction of sp³-hybridized carbons (Fsp3) is 0.102. The van der Waals surface area contributed by atoms with Gasteiger partial charge in [0.05, 0.1) is 5.70 Å². The van der Waals surface area contributed by atoms with Gasteiger partial charge in [0.25, 0.3) is 0 Å². The summed E-state index contributed by atoms with van der Waals surface area (Å²) >= 11 is 1.83. The Labute approximate surface area is 311 Å². The maximum Gasteiger partial charge on any atom is 0.0538 e. The summed E-state index contributed by atoms with van der Waals surface area (Å²) in [7, 11) is 0. The molecule has 52 heavy (non-hydrogen) atoms. The molecule has 0 saturated heterocycles. The molecule has 2 aliphatic rings. The molecule has 0 spiro atoms. The van der Waals surface area contributed by atoms with Crippen LogP contribution in [0, 0.1) is 0 Å². The van der Waals surface area contributed by atoms with Crippen molar-refractivity contribution in [1.82, 2.24) is 0 Å². The Hall–Kier alpha value is -5.77. The minimum atomic E-state index is 0.883. The highest BCUT2D eigenvalue weighted by atomic mass is 32.2. The number of allylic oxidation sites excluding steroid dienone is 2. The Morgan fingerprint density at radius 2 is 1.10 bits per heavy atom. The lowest BCUT2D eigenvalue weighted by Crippen LogP contribution is -2.10. The molecule has 0 bridgehead atoms. The van der Waals surface area contributed by atoms with Crippen LogP contribution in [0.2, 0.25) is 0 Å². The molecule has 0 aliphatic heterocycles. The number of nitrogens with two attached hydrogens (primary N) is 1. The Balaban J connectivity index is 1.06. The van der Waals surface area contributed by atoms with Crippen LogP contribution in [0.25, 0.3) is 49.2 Å². The van der Waals surface area contributed by atoms with Crippen molar-refractivity contribution in [3.8, 4) is 22.3 Å². The number of hydrogen-bond donors (Lipinski definition) is 1. The van der Waals surface area contributed by atoms with Gasteiger partial charge >= 0.3 is 0 Å². The molecular formula is C49H40N2S. The molecule has 0 amide bonds. The largest absolute Gasteiger partial charge is 0.397 e. The zero-order valence-electron chi connectivity index (χ0n) is 29.1. The first kappa shape index (κ1) is 32.2. The summed E-state index contributed by atoms with van der Waals surface area (Å²) in [6.07, 6.45) is 7.34. The van der Waals surface area contributed by atoms with Crippen molar-refractivity contribution < 1.29 is 0 Å². The summed E-state index contributed by atoms with van der Waals surface area (Å²) in [5.74, 6) is 0.891. The van der Waals surface area contributed by atoms with E-state index in [4.69, 9.17) is 5.73 Å². The molecule has 0 atom stereocenters. The highest BCUT2D eigenvalue weighted by Crippen LogP contribution is 2.48. The molecule has 0 saturated carbocycles. The predicted octanol–water partition coefficient (Wildman–Crippen LogP) is 13.6. The molecule has 2 N–H and O–H groups in total. The maximum absolute atomic E-state index is 6.85. The third-order valence-electron chi connectivity index (χ3n) is 10.5. The molecular weight excluding hydrogens is 649 g/mol. The average Bonchev–Trinajstić information content (AvgIpc) is 3.50. The van der Waals surface area contributed by atoms with E-state index in [-0.39, 0.29) is 0 Å². The summed E-state index contributed by atoms with van der Waals surface area (Å²) in [5.41, 5.74) is 22.5. The van der Waals surface area contributed by atoms with Crippen molar-refractivity contribution in [2.75, 3.05) is 4.90 Å². The molecule has 0 heterocycles. The van der Waals surface area contributed by atoms with Gasteiger partial charge in [-0.25, -0.2) is 0 Å². The first-order chi connectivity index (χ1) is 25.7. The third-order valence-corrected chi connectivity index (χ3v) is 11.7. The van der Waals surface area contributed by atoms with Crippen LogP contribution in [0.4, 0.5) is 17.1 Å². The number of nitrogens with zero attached hydrogens (tertiary/aromatic N) is 1. The number of thioether (sulfide) groups is 1. The third kappa shape index (κ3) is 6.12. The van der Waals surface area contributed by atoms with E-state index in [1.807, 2.05) is 11.8 Å². The van der Waals surface area contributed by atoms with Crippen LogP contribution in [0.15, 0.2) is 170 Å². The van der Waals surface area contributed by atoms with Gasteiger partial charge in [-0.05, 0) is 112 Å². The fourth-order valence-electron chi connectivity index (χ4n) is 7.82. The van der Waals surface area contributed by atoms with Gasteiger partial charge in [0.1, 0.15) is 0 Å².